The number of hydrogen-bond donors (Lipinski definition) is 0. The van der Waals surface area contributed by atoms with Gasteiger partial charge in [-0.2, -0.15) is 0 Å². The molecule has 0 radical (unpaired) electrons. The topological polar surface area (TPSA) is 41.9 Å². The Morgan fingerprint density at radius 2 is 1.94 bits per heavy atom. The second-order valence-electron chi connectivity index (χ2n) is 3.55. The minimum Gasteiger partial charge on any atom is -0.352 e. The minimum atomic E-state index is 0.274. The predicted molar refractivity (Wildman–Crippen MR) is 68.0 cm³/mol. The Bertz CT molecular complexity index is 475. The molecule has 0 aliphatic rings. The average Bonchev–Trinajstić information content (AvgIpc) is 2.37. The van der Waals surface area contributed by atoms with Gasteiger partial charge >= 0.3 is 0 Å². The average molecular weight is 249 g/mol. The molecule has 0 saturated heterocycles. The lowest BCUT2D eigenvalue weighted by molar-refractivity contribution is 0.809. The largest absolute Gasteiger partial charge is 0.352 e. The van der Waals surface area contributed by atoms with Gasteiger partial charge in [-0.25, -0.2) is 9.97 Å². The SMILES string of the molecule is CCN(Cc1ccncc1)c1ccnc(Cl)n1. The molecule has 0 atom stereocenters. The van der Waals surface area contributed by atoms with Gasteiger partial charge in [0.05, 0.1) is 0 Å². The van der Waals surface area contributed by atoms with Crippen molar-refractivity contribution in [3.05, 3.63) is 47.6 Å². The molecule has 0 saturated carbocycles. The summed E-state index contributed by atoms with van der Waals surface area (Å²) in [4.78, 5) is 14.2. The molecule has 17 heavy (non-hydrogen) atoms. The van der Waals surface area contributed by atoms with E-state index < -0.39 is 0 Å². The first-order chi connectivity index (χ1) is 8.29. The fraction of sp³-hybridized carbons (Fsp3) is 0.250. The molecule has 0 aliphatic heterocycles. The Kier molecular flexibility index (Phi) is 3.88. The van der Waals surface area contributed by atoms with E-state index in [0.717, 1.165) is 18.9 Å². The van der Waals surface area contributed by atoms with Crippen LogP contribution in [0.2, 0.25) is 5.28 Å². The van der Waals surface area contributed by atoms with Crippen molar-refractivity contribution in [2.24, 2.45) is 0 Å². The van der Waals surface area contributed by atoms with Crippen LogP contribution in [0.25, 0.3) is 0 Å². The van der Waals surface area contributed by atoms with Crippen LogP contribution in [-0.4, -0.2) is 21.5 Å². The minimum absolute atomic E-state index is 0.274. The van der Waals surface area contributed by atoms with Crippen LogP contribution in [0.15, 0.2) is 36.8 Å². The summed E-state index contributed by atoms with van der Waals surface area (Å²) in [7, 11) is 0. The monoisotopic (exact) mass is 248 g/mol. The zero-order valence-electron chi connectivity index (χ0n) is 9.55. The van der Waals surface area contributed by atoms with Crippen molar-refractivity contribution in [1.82, 2.24) is 15.0 Å². The Hall–Kier alpha value is -1.68. The number of anilines is 1. The lowest BCUT2D eigenvalue weighted by Crippen LogP contribution is -2.23. The quantitative estimate of drug-likeness (QED) is 0.780. The maximum absolute atomic E-state index is 5.79. The maximum atomic E-state index is 5.79. The molecule has 2 aromatic rings. The molecule has 0 aliphatic carbocycles. The molecule has 0 spiro atoms. The number of halogens is 1. The first-order valence-electron chi connectivity index (χ1n) is 5.42. The summed E-state index contributed by atoms with van der Waals surface area (Å²) < 4.78 is 0. The first-order valence-corrected chi connectivity index (χ1v) is 5.80. The molecule has 0 fully saturated rings. The van der Waals surface area contributed by atoms with E-state index in [0.29, 0.717) is 0 Å². The summed E-state index contributed by atoms with van der Waals surface area (Å²) in [5.41, 5.74) is 1.19. The van der Waals surface area contributed by atoms with E-state index in [4.69, 9.17) is 11.6 Å². The summed E-state index contributed by atoms with van der Waals surface area (Å²) >= 11 is 5.79. The van der Waals surface area contributed by atoms with Crippen LogP contribution in [0, 0.1) is 0 Å². The molecule has 2 heterocycles. The fourth-order valence-corrected chi connectivity index (χ4v) is 1.71. The number of rotatable bonds is 4. The van der Waals surface area contributed by atoms with E-state index >= 15 is 0 Å². The highest BCUT2D eigenvalue weighted by Crippen LogP contribution is 2.15. The third-order valence-electron chi connectivity index (χ3n) is 2.44. The smallest absolute Gasteiger partial charge is 0.224 e. The van der Waals surface area contributed by atoms with Crippen LogP contribution in [-0.2, 0) is 6.54 Å². The molecule has 0 aromatic carbocycles. The molecule has 0 bridgehead atoms. The highest BCUT2D eigenvalue weighted by molar-refractivity contribution is 6.28. The van der Waals surface area contributed by atoms with Crippen LogP contribution >= 0.6 is 11.6 Å². The van der Waals surface area contributed by atoms with E-state index in [1.54, 1.807) is 18.6 Å². The van der Waals surface area contributed by atoms with Gasteiger partial charge < -0.3 is 4.90 Å². The van der Waals surface area contributed by atoms with Gasteiger partial charge in [0.15, 0.2) is 0 Å². The van der Waals surface area contributed by atoms with E-state index in [-0.39, 0.29) is 5.28 Å². The van der Waals surface area contributed by atoms with Gasteiger partial charge in [0.2, 0.25) is 5.28 Å². The van der Waals surface area contributed by atoms with Crippen LogP contribution in [0.4, 0.5) is 5.82 Å². The second kappa shape index (κ2) is 5.59. The number of hydrogen-bond acceptors (Lipinski definition) is 4. The Morgan fingerprint density at radius 3 is 2.59 bits per heavy atom. The lowest BCUT2D eigenvalue weighted by atomic mass is 10.2. The van der Waals surface area contributed by atoms with Gasteiger partial charge in [0.1, 0.15) is 5.82 Å². The predicted octanol–water partition coefficient (Wildman–Crippen LogP) is 2.55. The first kappa shape index (κ1) is 11.8. The molecule has 88 valence electrons. The molecular weight excluding hydrogens is 236 g/mol. The van der Waals surface area contributed by atoms with E-state index in [2.05, 4.69) is 26.8 Å². The summed E-state index contributed by atoms with van der Waals surface area (Å²) in [6.45, 7) is 3.72. The molecule has 0 N–H and O–H groups in total. The van der Waals surface area contributed by atoms with E-state index in [1.165, 1.54) is 5.56 Å². The third kappa shape index (κ3) is 3.14. The van der Waals surface area contributed by atoms with Crippen molar-refractivity contribution in [2.75, 3.05) is 11.4 Å². The van der Waals surface area contributed by atoms with Gasteiger partial charge in [-0.1, -0.05) is 0 Å². The Morgan fingerprint density at radius 1 is 1.18 bits per heavy atom. The Labute approximate surface area is 105 Å². The molecule has 0 unspecified atom stereocenters. The summed E-state index contributed by atoms with van der Waals surface area (Å²) in [6.07, 6.45) is 5.24. The van der Waals surface area contributed by atoms with Crippen LogP contribution < -0.4 is 4.90 Å². The van der Waals surface area contributed by atoms with Gasteiger partial charge in [-0.05, 0) is 42.3 Å². The van der Waals surface area contributed by atoms with Crippen molar-refractivity contribution in [2.45, 2.75) is 13.5 Å². The van der Waals surface area contributed by atoms with Crippen molar-refractivity contribution < 1.29 is 0 Å². The van der Waals surface area contributed by atoms with E-state index in [1.807, 2.05) is 18.2 Å². The zero-order chi connectivity index (χ0) is 12.1. The van der Waals surface area contributed by atoms with Gasteiger partial charge in [0, 0.05) is 31.7 Å². The molecular formula is C12H13ClN4. The van der Waals surface area contributed by atoms with Crippen LogP contribution in [0.1, 0.15) is 12.5 Å². The highest BCUT2D eigenvalue weighted by Gasteiger charge is 2.07. The highest BCUT2D eigenvalue weighted by atomic mass is 35.5. The van der Waals surface area contributed by atoms with Gasteiger partial charge in [0.25, 0.3) is 0 Å². The number of aromatic nitrogens is 3. The second-order valence-corrected chi connectivity index (χ2v) is 3.89. The number of nitrogens with zero attached hydrogens (tertiary/aromatic N) is 4. The third-order valence-corrected chi connectivity index (χ3v) is 2.62. The van der Waals surface area contributed by atoms with E-state index in [9.17, 15) is 0 Å². The lowest BCUT2D eigenvalue weighted by Gasteiger charge is -2.21. The van der Waals surface area contributed by atoms with Crippen molar-refractivity contribution in [1.29, 1.82) is 0 Å². The van der Waals surface area contributed by atoms with Crippen molar-refractivity contribution >= 4 is 17.4 Å². The molecule has 2 aromatic heterocycles. The maximum Gasteiger partial charge on any atom is 0.224 e. The zero-order valence-corrected chi connectivity index (χ0v) is 10.3. The van der Waals surface area contributed by atoms with Crippen molar-refractivity contribution in [3.63, 3.8) is 0 Å². The van der Waals surface area contributed by atoms with Crippen LogP contribution in [0.3, 0.4) is 0 Å². The Balaban J connectivity index is 2.17. The summed E-state index contributed by atoms with van der Waals surface area (Å²) in [5, 5.41) is 0.274. The van der Waals surface area contributed by atoms with Gasteiger partial charge in [-0.15, -0.1) is 0 Å². The van der Waals surface area contributed by atoms with Crippen LogP contribution in [0.5, 0.6) is 0 Å². The standard InChI is InChI=1S/C12H13ClN4/c1-2-17(9-10-3-6-14-7-4-10)11-5-8-15-12(13)16-11/h3-8H,2,9H2,1H3. The van der Waals surface area contributed by atoms with Crippen molar-refractivity contribution in [3.8, 4) is 0 Å². The number of pyridine rings is 1. The van der Waals surface area contributed by atoms with Gasteiger partial charge in [-0.3, -0.25) is 4.98 Å². The summed E-state index contributed by atoms with van der Waals surface area (Å²) in [6, 6.07) is 5.84. The fourth-order valence-electron chi connectivity index (χ4n) is 1.57. The molecule has 0 amide bonds. The molecule has 4 nitrogen and oxygen atoms in total. The molecule has 2 rings (SSSR count). The summed E-state index contributed by atoms with van der Waals surface area (Å²) in [5.74, 6) is 0.837. The normalized spacial score (nSPS) is 10.2. The molecule has 5 heteroatoms.